The molecule has 2 fully saturated rings. The first-order chi connectivity index (χ1) is 13.6. The summed E-state index contributed by atoms with van der Waals surface area (Å²) in [5.74, 6) is -0.0725. The van der Waals surface area contributed by atoms with Gasteiger partial charge in [-0.05, 0) is 57.0 Å². The highest BCUT2D eigenvalue weighted by Gasteiger charge is 2.26. The summed E-state index contributed by atoms with van der Waals surface area (Å²) in [6.45, 7) is 1.86. The van der Waals surface area contributed by atoms with E-state index < -0.39 is 5.91 Å². The second-order valence-corrected chi connectivity index (χ2v) is 7.18. The fourth-order valence-electron chi connectivity index (χ4n) is 3.25. The molecule has 0 bridgehead atoms. The summed E-state index contributed by atoms with van der Waals surface area (Å²) in [4.78, 5) is 25.2. The Bertz CT molecular complexity index is 870. The summed E-state index contributed by atoms with van der Waals surface area (Å²) in [6.07, 6.45) is 5.54. The molecule has 2 amide bonds. The molecule has 1 saturated heterocycles. The zero-order chi connectivity index (χ0) is 19.5. The van der Waals surface area contributed by atoms with Gasteiger partial charge >= 0.3 is 0 Å². The molecule has 1 aliphatic heterocycles. The number of carbonyl (C=O) groups is 2. The second-order valence-electron chi connectivity index (χ2n) is 7.18. The molecule has 1 saturated carbocycles. The average Bonchev–Trinajstić information content (AvgIpc) is 3.40. The Kier molecular flexibility index (Phi) is 5.25. The maximum Gasteiger partial charge on any atom is 0.277 e. The van der Waals surface area contributed by atoms with Gasteiger partial charge in [-0.15, -0.1) is 5.10 Å². The lowest BCUT2D eigenvalue weighted by molar-refractivity contribution is 0.0951. The van der Waals surface area contributed by atoms with Crippen molar-refractivity contribution >= 4 is 17.5 Å². The Balaban J connectivity index is 1.50. The van der Waals surface area contributed by atoms with Crippen molar-refractivity contribution in [3.63, 3.8) is 0 Å². The zero-order valence-electron chi connectivity index (χ0n) is 15.8. The van der Waals surface area contributed by atoms with Crippen LogP contribution in [0.2, 0.25) is 0 Å². The van der Waals surface area contributed by atoms with Crippen LogP contribution in [0, 0.1) is 0 Å². The Morgan fingerprint density at radius 2 is 1.96 bits per heavy atom. The van der Waals surface area contributed by atoms with E-state index in [2.05, 4.69) is 26.3 Å². The predicted octanol–water partition coefficient (Wildman–Crippen LogP) is 1.36. The van der Waals surface area contributed by atoms with Crippen LogP contribution < -0.4 is 20.7 Å². The van der Waals surface area contributed by atoms with Crippen LogP contribution in [0.1, 0.15) is 52.6 Å². The van der Waals surface area contributed by atoms with Crippen molar-refractivity contribution in [1.82, 2.24) is 25.6 Å². The number of carbonyl (C=O) groups excluding carboxylic acids is 2. The van der Waals surface area contributed by atoms with E-state index in [0.717, 1.165) is 38.8 Å². The molecule has 0 spiro atoms. The van der Waals surface area contributed by atoms with Gasteiger partial charge in [-0.1, -0.05) is 5.21 Å². The third-order valence-electron chi connectivity index (χ3n) is 5.06. The van der Waals surface area contributed by atoms with Crippen LogP contribution >= 0.6 is 0 Å². The standard InChI is InChI=1S/C19H24N6O3/c1-28-14-4-5-16(15(10-14)18(26)21-12-2-3-12)22-19(27)17-11-25(24-23-17)13-6-8-20-9-7-13/h4-5,10-13,20H,2-3,6-9H2,1H3,(H,21,26)(H,22,27). The van der Waals surface area contributed by atoms with Crippen molar-refractivity contribution in [1.29, 1.82) is 0 Å². The summed E-state index contributed by atoms with van der Waals surface area (Å²) < 4.78 is 6.97. The predicted molar refractivity (Wildman–Crippen MR) is 103 cm³/mol. The third kappa shape index (κ3) is 4.14. The lowest BCUT2D eigenvalue weighted by Crippen LogP contribution is -2.29. The quantitative estimate of drug-likeness (QED) is 0.694. The first-order valence-electron chi connectivity index (χ1n) is 9.57. The molecule has 3 N–H and O–H groups in total. The van der Waals surface area contributed by atoms with Crippen LogP contribution in [-0.2, 0) is 0 Å². The van der Waals surface area contributed by atoms with E-state index in [4.69, 9.17) is 4.74 Å². The van der Waals surface area contributed by atoms with E-state index >= 15 is 0 Å². The number of methoxy groups -OCH3 is 1. The minimum Gasteiger partial charge on any atom is -0.497 e. The van der Waals surface area contributed by atoms with Gasteiger partial charge in [0.2, 0.25) is 0 Å². The van der Waals surface area contributed by atoms with Crippen LogP contribution in [-0.4, -0.2) is 53.0 Å². The number of ether oxygens (including phenoxy) is 1. The van der Waals surface area contributed by atoms with E-state index in [1.165, 1.54) is 7.11 Å². The summed E-state index contributed by atoms with van der Waals surface area (Å²) in [5.41, 5.74) is 1.01. The number of nitrogens with zero attached hydrogens (tertiary/aromatic N) is 3. The Morgan fingerprint density at radius 3 is 2.68 bits per heavy atom. The number of hydrogen-bond acceptors (Lipinski definition) is 6. The molecule has 0 radical (unpaired) electrons. The molecule has 2 aromatic rings. The Morgan fingerprint density at radius 1 is 1.18 bits per heavy atom. The van der Waals surface area contributed by atoms with Crippen LogP contribution in [0.4, 0.5) is 5.69 Å². The van der Waals surface area contributed by atoms with Gasteiger partial charge in [-0.3, -0.25) is 9.59 Å². The number of anilines is 1. The summed E-state index contributed by atoms with van der Waals surface area (Å²) in [6, 6.07) is 5.45. The Hall–Kier alpha value is -2.94. The van der Waals surface area contributed by atoms with E-state index in [1.807, 2.05) is 0 Å². The first-order valence-corrected chi connectivity index (χ1v) is 9.57. The molecule has 4 rings (SSSR count). The van der Waals surface area contributed by atoms with Crippen LogP contribution in [0.25, 0.3) is 0 Å². The van der Waals surface area contributed by atoms with E-state index in [0.29, 0.717) is 17.0 Å². The van der Waals surface area contributed by atoms with E-state index in [-0.39, 0.29) is 23.7 Å². The van der Waals surface area contributed by atoms with Crippen molar-refractivity contribution in [2.75, 3.05) is 25.5 Å². The fourth-order valence-corrected chi connectivity index (χ4v) is 3.25. The van der Waals surface area contributed by atoms with Crippen molar-refractivity contribution in [2.45, 2.75) is 37.8 Å². The monoisotopic (exact) mass is 384 g/mol. The van der Waals surface area contributed by atoms with Crippen molar-refractivity contribution in [3.05, 3.63) is 35.7 Å². The van der Waals surface area contributed by atoms with Gasteiger partial charge in [0, 0.05) is 6.04 Å². The molecule has 1 aromatic carbocycles. The SMILES string of the molecule is COc1ccc(NC(=O)c2cn(C3CCNCC3)nn2)c(C(=O)NC2CC2)c1. The third-order valence-corrected chi connectivity index (χ3v) is 5.06. The van der Waals surface area contributed by atoms with Gasteiger partial charge in [-0.2, -0.15) is 0 Å². The molecular weight excluding hydrogens is 360 g/mol. The average molecular weight is 384 g/mol. The van der Waals surface area contributed by atoms with E-state index in [9.17, 15) is 9.59 Å². The minimum atomic E-state index is -0.397. The molecule has 1 aromatic heterocycles. The van der Waals surface area contributed by atoms with Gasteiger partial charge in [0.05, 0.1) is 30.6 Å². The number of aromatic nitrogens is 3. The number of nitrogens with one attached hydrogen (secondary N) is 3. The maximum absolute atomic E-state index is 12.7. The minimum absolute atomic E-state index is 0.215. The molecule has 9 nitrogen and oxygen atoms in total. The highest BCUT2D eigenvalue weighted by molar-refractivity contribution is 6.08. The fraction of sp³-hybridized carbons (Fsp3) is 0.474. The first kappa shape index (κ1) is 18.4. The Labute approximate surface area is 162 Å². The van der Waals surface area contributed by atoms with Crippen LogP contribution in [0.3, 0.4) is 0 Å². The van der Waals surface area contributed by atoms with Crippen LogP contribution in [0.5, 0.6) is 5.75 Å². The maximum atomic E-state index is 12.7. The summed E-state index contributed by atoms with van der Waals surface area (Å²) >= 11 is 0. The second kappa shape index (κ2) is 7.97. The summed E-state index contributed by atoms with van der Waals surface area (Å²) in [5, 5.41) is 17.1. The van der Waals surface area contributed by atoms with Gasteiger partial charge in [0.1, 0.15) is 5.75 Å². The number of rotatable bonds is 6. The number of benzene rings is 1. The lowest BCUT2D eigenvalue weighted by atomic mass is 10.1. The summed E-state index contributed by atoms with van der Waals surface area (Å²) in [7, 11) is 1.54. The van der Waals surface area contributed by atoms with E-state index in [1.54, 1.807) is 29.1 Å². The number of amides is 2. The highest BCUT2D eigenvalue weighted by Crippen LogP contribution is 2.25. The molecule has 9 heteroatoms. The molecule has 0 unspecified atom stereocenters. The smallest absolute Gasteiger partial charge is 0.277 e. The van der Waals surface area contributed by atoms with Gasteiger partial charge < -0.3 is 20.7 Å². The van der Waals surface area contributed by atoms with Crippen LogP contribution in [0.15, 0.2) is 24.4 Å². The molecule has 2 heterocycles. The normalized spacial score (nSPS) is 17.2. The van der Waals surface area contributed by atoms with Gasteiger partial charge in [0.15, 0.2) is 5.69 Å². The topological polar surface area (TPSA) is 110 Å². The van der Waals surface area contributed by atoms with Crippen molar-refractivity contribution in [3.8, 4) is 5.75 Å². The molecule has 1 aliphatic carbocycles. The highest BCUT2D eigenvalue weighted by atomic mass is 16.5. The van der Waals surface area contributed by atoms with Crippen molar-refractivity contribution in [2.24, 2.45) is 0 Å². The largest absolute Gasteiger partial charge is 0.497 e. The number of hydrogen-bond donors (Lipinski definition) is 3. The molecule has 2 aliphatic rings. The van der Waals surface area contributed by atoms with Gasteiger partial charge in [-0.25, -0.2) is 4.68 Å². The molecular formula is C19H24N6O3. The zero-order valence-corrected chi connectivity index (χ0v) is 15.8. The lowest BCUT2D eigenvalue weighted by Gasteiger charge is -2.22. The molecule has 28 heavy (non-hydrogen) atoms. The molecule has 148 valence electrons. The molecule has 0 atom stereocenters. The van der Waals surface area contributed by atoms with Gasteiger partial charge in [0.25, 0.3) is 11.8 Å². The van der Waals surface area contributed by atoms with Crippen molar-refractivity contribution < 1.29 is 14.3 Å². The number of piperidine rings is 1.